The van der Waals surface area contributed by atoms with E-state index in [1.165, 1.54) is 6.07 Å². The Kier molecular flexibility index (Phi) is 4.04. The summed E-state index contributed by atoms with van der Waals surface area (Å²) in [6, 6.07) is 17.2. The summed E-state index contributed by atoms with van der Waals surface area (Å²) < 4.78 is 33.5. The third-order valence-electron chi connectivity index (χ3n) is 5.32. The first-order valence-electron chi connectivity index (χ1n) is 9.20. The van der Waals surface area contributed by atoms with Gasteiger partial charge in [0.05, 0.1) is 10.7 Å². The minimum absolute atomic E-state index is 0.0934. The van der Waals surface area contributed by atoms with E-state index >= 15 is 0 Å². The summed E-state index contributed by atoms with van der Waals surface area (Å²) in [5.74, 6) is -0.345. The van der Waals surface area contributed by atoms with Crippen LogP contribution in [0, 0.1) is 10.4 Å². The molecule has 8 heteroatoms. The standard InChI is InChI=1S/C23H13NO6S/c25-21(12-6-2-1-3-7-12)19-17-13-8-4-5-9-14(13)22(26)15-10-11-16(31(28,29)30)20(18(15)17)24-23(19)27/h1-11,25H,(H,28,29,30)/b21-19+. The lowest BCUT2D eigenvalue weighted by atomic mass is 9.97. The fraction of sp³-hybridized carbons (Fsp3) is 0. The summed E-state index contributed by atoms with van der Waals surface area (Å²) in [7, 11) is -4.73. The molecule has 0 amide bonds. The molecule has 31 heavy (non-hydrogen) atoms. The SMILES string of the molecule is O=c1nc2c(S(=O)(=O)O)ccc3c2=c(/c1=C(\O)c1ccccc1)c1ccccc1c3=O. The predicted molar refractivity (Wildman–Crippen MR) is 115 cm³/mol. The number of hydrogen-bond donors (Lipinski definition) is 2. The number of fused-ring (bicyclic) bond motifs is 2. The Balaban J connectivity index is 2.27. The first kappa shape index (κ1) is 19.1. The van der Waals surface area contributed by atoms with Gasteiger partial charge in [-0.2, -0.15) is 8.42 Å². The van der Waals surface area contributed by atoms with Crippen molar-refractivity contribution >= 4 is 37.6 Å². The molecule has 2 N–H and O–H groups in total. The highest BCUT2D eigenvalue weighted by Crippen LogP contribution is 2.23. The second-order valence-corrected chi connectivity index (χ2v) is 8.46. The van der Waals surface area contributed by atoms with Gasteiger partial charge in [0.1, 0.15) is 10.7 Å². The summed E-state index contributed by atoms with van der Waals surface area (Å²) in [5, 5.41) is 12.0. The molecule has 0 saturated heterocycles. The van der Waals surface area contributed by atoms with Gasteiger partial charge in [-0.15, -0.1) is 0 Å². The Hall–Kier alpha value is -3.88. The average Bonchev–Trinajstić information content (AvgIpc) is 2.76. The smallest absolute Gasteiger partial charge is 0.296 e. The molecule has 0 unspecified atom stereocenters. The average molecular weight is 431 g/mol. The molecule has 0 atom stereocenters. The maximum absolute atomic E-state index is 13.1. The van der Waals surface area contributed by atoms with Gasteiger partial charge < -0.3 is 5.11 Å². The van der Waals surface area contributed by atoms with Crippen LogP contribution in [0.15, 0.2) is 81.2 Å². The van der Waals surface area contributed by atoms with Gasteiger partial charge >= 0.3 is 0 Å². The van der Waals surface area contributed by atoms with Crippen LogP contribution in [0.4, 0.5) is 0 Å². The molecular weight excluding hydrogens is 418 g/mol. The van der Waals surface area contributed by atoms with Gasteiger partial charge in [0.25, 0.3) is 15.7 Å². The third kappa shape index (κ3) is 2.77. The number of hydrogen-bond acceptors (Lipinski definition) is 6. The summed E-state index contributed by atoms with van der Waals surface area (Å²) in [6.07, 6.45) is 0. The second-order valence-electron chi connectivity index (χ2n) is 7.07. The normalized spacial score (nSPS) is 13.2. The van der Waals surface area contributed by atoms with Crippen LogP contribution < -0.4 is 16.2 Å². The maximum Gasteiger partial charge on any atom is 0.296 e. The molecule has 7 nitrogen and oxygen atoms in total. The van der Waals surface area contributed by atoms with Crippen molar-refractivity contribution in [3.8, 4) is 0 Å². The number of benzene rings is 3. The van der Waals surface area contributed by atoms with Crippen molar-refractivity contribution in [3.63, 3.8) is 0 Å². The van der Waals surface area contributed by atoms with Crippen LogP contribution in [-0.4, -0.2) is 23.1 Å². The van der Waals surface area contributed by atoms with Crippen molar-refractivity contribution in [2.75, 3.05) is 0 Å². The Morgan fingerprint density at radius 1 is 0.774 bits per heavy atom. The van der Waals surface area contributed by atoms with Gasteiger partial charge in [0.15, 0.2) is 5.43 Å². The minimum Gasteiger partial charge on any atom is -0.506 e. The fourth-order valence-electron chi connectivity index (χ4n) is 4.00. The minimum atomic E-state index is -4.73. The quantitative estimate of drug-likeness (QED) is 0.410. The van der Waals surface area contributed by atoms with Crippen LogP contribution in [0.3, 0.4) is 0 Å². The van der Waals surface area contributed by atoms with E-state index in [2.05, 4.69) is 4.98 Å². The van der Waals surface area contributed by atoms with Gasteiger partial charge in [-0.3, -0.25) is 14.1 Å². The lowest BCUT2D eigenvalue weighted by Gasteiger charge is -2.09. The molecule has 152 valence electrons. The monoisotopic (exact) mass is 431 g/mol. The number of nitrogens with zero attached hydrogens (tertiary/aromatic N) is 1. The second kappa shape index (κ2) is 6.56. The maximum atomic E-state index is 13.1. The van der Waals surface area contributed by atoms with Crippen LogP contribution in [0.25, 0.3) is 27.4 Å². The van der Waals surface area contributed by atoms with Gasteiger partial charge in [-0.1, -0.05) is 54.6 Å². The summed E-state index contributed by atoms with van der Waals surface area (Å²) in [5.41, 5.74) is -1.21. The Bertz CT molecular complexity index is 1850. The molecular formula is C23H13NO6S. The van der Waals surface area contributed by atoms with E-state index in [0.29, 0.717) is 16.3 Å². The topological polar surface area (TPSA) is 122 Å². The lowest BCUT2D eigenvalue weighted by Crippen LogP contribution is -2.33. The Morgan fingerprint density at radius 2 is 1.42 bits per heavy atom. The Labute approximate surface area is 174 Å². The summed E-state index contributed by atoms with van der Waals surface area (Å²) in [4.78, 5) is 29.5. The van der Waals surface area contributed by atoms with E-state index in [9.17, 15) is 27.7 Å². The van der Waals surface area contributed by atoms with Crippen LogP contribution in [0.2, 0.25) is 0 Å². The Morgan fingerprint density at radius 3 is 2.10 bits per heavy atom. The summed E-state index contributed by atoms with van der Waals surface area (Å²) in [6.45, 7) is 0. The van der Waals surface area contributed by atoms with Crippen LogP contribution in [0.1, 0.15) is 5.56 Å². The van der Waals surface area contributed by atoms with Crippen LogP contribution in [0.5, 0.6) is 0 Å². The molecule has 0 radical (unpaired) electrons. The zero-order valence-corrected chi connectivity index (χ0v) is 16.6. The highest BCUT2D eigenvalue weighted by molar-refractivity contribution is 7.86. The third-order valence-corrected chi connectivity index (χ3v) is 6.20. The molecule has 0 aromatic heterocycles. The van der Waals surface area contributed by atoms with Crippen molar-refractivity contribution < 1.29 is 18.1 Å². The fourth-order valence-corrected chi connectivity index (χ4v) is 4.63. The molecule has 0 fully saturated rings. The van der Waals surface area contributed by atoms with E-state index < -0.39 is 20.6 Å². The highest BCUT2D eigenvalue weighted by Gasteiger charge is 2.21. The predicted octanol–water partition coefficient (Wildman–Crippen LogP) is 1.95. The van der Waals surface area contributed by atoms with Gasteiger partial charge in [-0.25, -0.2) is 4.98 Å². The van der Waals surface area contributed by atoms with Crippen molar-refractivity contribution in [3.05, 3.63) is 109 Å². The largest absolute Gasteiger partial charge is 0.506 e. The van der Waals surface area contributed by atoms with Crippen molar-refractivity contribution in [1.82, 2.24) is 4.98 Å². The van der Waals surface area contributed by atoms with Crippen molar-refractivity contribution in [2.24, 2.45) is 0 Å². The highest BCUT2D eigenvalue weighted by atomic mass is 32.2. The number of aliphatic hydroxyl groups excluding tert-OH is 1. The molecule has 3 aromatic rings. The first-order valence-corrected chi connectivity index (χ1v) is 10.6. The summed E-state index contributed by atoms with van der Waals surface area (Å²) >= 11 is 0. The molecule has 5 rings (SSSR count). The molecule has 1 aliphatic carbocycles. The van der Waals surface area contributed by atoms with E-state index in [1.807, 2.05) is 0 Å². The molecule has 2 aliphatic rings. The van der Waals surface area contributed by atoms with Crippen LogP contribution in [-0.2, 0) is 10.1 Å². The van der Waals surface area contributed by atoms with E-state index in [4.69, 9.17) is 0 Å². The number of rotatable bonds is 2. The molecule has 0 bridgehead atoms. The van der Waals surface area contributed by atoms with Gasteiger partial charge in [0, 0.05) is 26.8 Å². The number of aliphatic hydroxyl groups is 1. The van der Waals surface area contributed by atoms with Gasteiger partial charge in [-0.05, 0) is 17.5 Å². The zero-order valence-electron chi connectivity index (χ0n) is 15.7. The number of aromatic nitrogens is 1. The van der Waals surface area contributed by atoms with Crippen LogP contribution >= 0.6 is 0 Å². The molecule has 1 heterocycles. The lowest BCUT2D eigenvalue weighted by molar-refractivity contribution is 0.484. The van der Waals surface area contributed by atoms with Gasteiger partial charge in [0.2, 0.25) is 0 Å². The molecule has 1 aliphatic heterocycles. The zero-order chi connectivity index (χ0) is 21.9. The van der Waals surface area contributed by atoms with Crippen molar-refractivity contribution in [1.29, 1.82) is 0 Å². The molecule has 3 aromatic carbocycles. The van der Waals surface area contributed by atoms with E-state index in [1.54, 1.807) is 54.6 Å². The van der Waals surface area contributed by atoms with Crippen molar-refractivity contribution in [2.45, 2.75) is 4.90 Å². The van der Waals surface area contributed by atoms with E-state index in [0.717, 1.165) is 6.07 Å². The van der Waals surface area contributed by atoms with E-state index in [-0.39, 0.29) is 37.7 Å². The molecule has 0 saturated carbocycles. The molecule has 0 spiro atoms. The first-order chi connectivity index (χ1) is 14.8.